The van der Waals surface area contributed by atoms with Crippen molar-refractivity contribution in [3.63, 3.8) is 0 Å². The first-order valence-corrected chi connectivity index (χ1v) is 5.80. The van der Waals surface area contributed by atoms with Gasteiger partial charge in [0.1, 0.15) is 5.82 Å². The minimum atomic E-state index is -4.42. The van der Waals surface area contributed by atoms with Crippen molar-refractivity contribution in [2.24, 2.45) is 11.8 Å². The van der Waals surface area contributed by atoms with Gasteiger partial charge in [0.25, 0.3) is 0 Å². The first-order valence-electron chi connectivity index (χ1n) is 5.80. The maximum Gasteiger partial charge on any atom is 0.416 e. The lowest BCUT2D eigenvalue weighted by Crippen LogP contribution is -2.24. The zero-order valence-electron chi connectivity index (χ0n) is 10.2. The van der Waals surface area contributed by atoms with Crippen molar-refractivity contribution in [1.82, 2.24) is 4.98 Å². The molecule has 0 unspecified atom stereocenters. The van der Waals surface area contributed by atoms with Crippen molar-refractivity contribution in [1.29, 1.82) is 0 Å². The third-order valence-corrected chi connectivity index (χ3v) is 3.33. The van der Waals surface area contributed by atoms with E-state index in [9.17, 15) is 18.0 Å². The van der Waals surface area contributed by atoms with Gasteiger partial charge in [-0.15, -0.1) is 0 Å². The van der Waals surface area contributed by atoms with Crippen LogP contribution in [0.4, 0.5) is 19.0 Å². The fourth-order valence-corrected chi connectivity index (χ4v) is 2.24. The van der Waals surface area contributed by atoms with Gasteiger partial charge in [-0.3, -0.25) is 4.79 Å². The van der Waals surface area contributed by atoms with Crippen molar-refractivity contribution in [3.05, 3.63) is 23.9 Å². The molecule has 2 heterocycles. The maximum atomic E-state index is 12.6. The lowest BCUT2D eigenvalue weighted by molar-refractivity contribution is -0.142. The molecule has 0 aromatic carbocycles. The van der Waals surface area contributed by atoms with Gasteiger partial charge in [0, 0.05) is 19.3 Å². The molecule has 1 saturated heterocycles. The van der Waals surface area contributed by atoms with Crippen LogP contribution < -0.4 is 4.90 Å². The average Bonchev–Trinajstić information content (AvgIpc) is 2.70. The molecule has 1 aliphatic heterocycles. The van der Waals surface area contributed by atoms with Crippen molar-refractivity contribution >= 4 is 11.8 Å². The Morgan fingerprint density at radius 3 is 2.68 bits per heavy atom. The summed E-state index contributed by atoms with van der Waals surface area (Å²) in [4.78, 5) is 16.5. The fourth-order valence-electron chi connectivity index (χ4n) is 2.24. The van der Waals surface area contributed by atoms with Crippen molar-refractivity contribution in [2.75, 3.05) is 18.0 Å². The van der Waals surface area contributed by atoms with Crippen molar-refractivity contribution in [2.45, 2.75) is 13.1 Å². The third-order valence-electron chi connectivity index (χ3n) is 3.33. The van der Waals surface area contributed by atoms with E-state index in [0.717, 1.165) is 18.3 Å². The number of aliphatic carboxylic acids is 1. The SMILES string of the molecule is C[C@@H]1CN(c2cc(C(F)(F)F)ccn2)C[C@H]1C(=O)O. The molecule has 1 N–H and O–H groups in total. The Balaban J connectivity index is 2.22. The van der Waals surface area contributed by atoms with Gasteiger partial charge in [-0.05, 0) is 18.1 Å². The molecule has 0 saturated carbocycles. The van der Waals surface area contributed by atoms with E-state index < -0.39 is 23.6 Å². The van der Waals surface area contributed by atoms with E-state index in [2.05, 4.69) is 4.98 Å². The smallest absolute Gasteiger partial charge is 0.416 e. The zero-order chi connectivity index (χ0) is 14.2. The third kappa shape index (κ3) is 2.80. The number of carboxylic acids is 1. The monoisotopic (exact) mass is 274 g/mol. The highest BCUT2D eigenvalue weighted by Crippen LogP contribution is 2.33. The average molecular weight is 274 g/mol. The number of halogens is 3. The summed E-state index contributed by atoms with van der Waals surface area (Å²) >= 11 is 0. The number of nitrogens with zero attached hydrogens (tertiary/aromatic N) is 2. The summed E-state index contributed by atoms with van der Waals surface area (Å²) in [5.41, 5.74) is -0.774. The van der Waals surface area contributed by atoms with E-state index in [0.29, 0.717) is 6.54 Å². The van der Waals surface area contributed by atoms with Crippen LogP contribution >= 0.6 is 0 Å². The largest absolute Gasteiger partial charge is 0.481 e. The Hall–Kier alpha value is -1.79. The highest BCUT2D eigenvalue weighted by Gasteiger charge is 2.36. The summed E-state index contributed by atoms with van der Waals surface area (Å²) in [5.74, 6) is -1.45. The van der Waals surface area contributed by atoms with E-state index in [1.165, 1.54) is 0 Å². The summed E-state index contributed by atoms with van der Waals surface area (Å²) in [6.45, 7) is 2.35. The van der Waals surface area contributed by atoms with Crippen LogP contribution in [0, 0.1) is 11.8 Å². The van der Waals surface area contributed by atoms with Gasteiger partial charge in [-0.2, -0.15) is 13.2 Å². The number of carbonyl (C=O) groups is 1. The number of hydrogen-bond acceptors (Lipinski definition) is 3. The molecular formula is C12H13F3N2O2. The molecule has 7 heteroatoms. The van der Waals surface area contributed by atoms with Gasteiger partial charge >= 0.3 is 12.1 Å². The first-order chi connectivity index (χ1) is 8.79. The molecule has 1 aromatic heterocycles. The molecule has 1 aromatic rings. The summed E-state index contributed by atoms with van der Waals surface area (Å²) in [5, 5.41) is 9.01. The molecule has 1 aliphatic rings. The molecule has 2 atom stereocenters. The van der Waals surface area contributed by atoms with Gasteiger partial charge in [-0.25, -0.2) is 4.98 Å². The standard InChI is InChI=1S/C12H13F3N2O2/c1-7-5-17(6-9(7)11(18)19)10-4-8(2-3-16-10)12(13,14)15/h2-4,7,9H,5-6H2,1H3,(H,18,19)/t7-,9-/m1/s1. The van der Waals surface area contributed by atoms with Crippen LogP contribution in [-0.4, -0.2) is 29.1 Å². The molecule has 0 amide bonds. The van der Waals surface area contributed by atoms with Crippen LogP contribution in [0.5, 0.6) is 0 Å². The van der Waals surface area contributed by atoms with E-state index >= 15 is 0 Å². The number of rotatable bonds is 2. The molecule has 2 rings (SSSR count). The van der Waals surface area contributed by atoms with Gasteiger partial charge < -0.3 is 10.0 Å². The Bertz CT molecular complexity index is 490. The second-order valence-electron chi connectivity index (χ2n) is 4.73. The number of hydrogen-bond donors (Lipinski definition) is 1. The van der Waals surface area contributed by atoms with E-state index in [1.807, 2.05) is 0 Å². The number of carboxylic acid groups (broad SMARTS) is 1. The molecule has 0 spiro atoms. The van der Waals surface area contributed by atoms with Gasteiger partial charge in [0.05, 0.1) is 11.5 Å². The van der Waals surface area contributed by atoms with Crippen LogP contribution in [0.1, 0.15) is 12.5 Å². The van der Waals surface area contributed by atoms with Crippen LogP contribution in [0.15, 0.2) is 18.3 Å². The fraction of sp³-hybridized carbons (Fsp3) is 0.500. The highest BCUT2D eigenvalue weighted by molar-refractivity contribution is 5.72. The molecule has 0 aliphatic carbocycles. The Morgan fingerprint density at radius 1 is 1.47 bits per heavy atom. The maximum absolute atomic E-state index is 12.6. The van der Waals surface area contributed by atoms with E-state index in [4.69, 9.17) is 5.11 Å². The molecule has 19 heavy (non-hydrogen) atoms. The minimum Gasteiger partial charge on any atom is -0.481 e. The summed E-state index contributed by atoms with van der Waals surface area (Å²) in [6.07, 6.45) is -3.33. The van der Waals surface area contributed by atoms with E-state index in [1.54, 1.807) is 11.8 Å². The Morgan fingerprint density at radius 2 is 2.16 bits per heavy atom. The van der Waals surface area contributed by atoms with Crippen LogP contribution in [-0.2, 0) is 11.0 Å². The van der Waals surface area contributed by atoms with Crippen LogP contribution in [0.25, 0.3) is 0 Å². The Kier molecular flexibility index (Phi) is 3.38. The molecule has 1 fully saturated rings. The molecule has 0 radical (unpaired) electrons. The second kappa shape index (κ2) is 4.71. The lowest BCUT2D eigenvalue weighted by Gasteiger charge is -2.18. The Labute approximate surface area is 107 Å². The summed E-state index contributed by atoms with van der Waals surface area (Å²) < 4.78 is 37.8. The highest BCUT2D eigenvalue weighted by atomic mass is 19.4. The number of pyridine rings is 1. The van der Waals surface area contributed by atoms with Crippen molar-refractivity contribution < 1.29 is 23.1 Å². The van der Waals surface area contributed by atoms with Gasteiger partial charge in [-0.1, -0.05) is 6.92 Å². The predicted molar refractivity (Wildman–Crippen MR) is 61.7 cm³/mol. The second-order valence-corrected chi connectivity index (χ2v) is 4.73. The molecule has 0 bridgehead atoms. The van der Waals surface area contributed by atoms with Gasteiger partial charge in [0.15, 0.2) is 0 Å². The predicted octanol–water partition coefficient (Wildman–Crippen LogP) is 2.26. The summed E-state index contributed by atoms with van der Waals surface area (Å²) in [7, 11) is 0. The summed E-state index contributed by atoms with van der Waals surface area (Å²) in [6, 6.07) is 1.86. The van der Waals surface area contributed by atoms with Crippen LogP contribution in [0.3, 0.4) is 0 Å². The van der Waals surface area contributed by atoms with E-state index in [-0.39, 0.29) is 18.3 Å². The normalized spacial score (nSPS) is 23.7. The number of aromatic nitrogens is 1. The molecular weight excluding hydrogens is 261 g/mol. The van der Waals surface area contributed by atoms with Gasteiger partial charge in [0.2, 0.25) is 0 Å². The molecule has 4 nitrogen and oxygen atoms in total. The van der Waals surface area contributed by atoms with Crippen LogP contribution in [0.2, 0.25) is 0 Å². The number of anilines is 1. The quantitative estimate of drug-likeness (QED) is 0.898. The lowest BCUT2D eigenvalue weighted by atomic mass is 9.99. The molecule has 104 valence electrons. The zero-order valence-corrected chi connectivity index (χ0v) is 10.2. The first kappa shape index (κ1) is 13.6. The minimum absolute atomic E-state index is 0.117. The van der Waals surface area contributed by atoms with Crippen molar-refractivity contribution in [3.8, 4) is 0 Å². The topological polar surface area (TPSA) is 53.4 Å². The number of alkyl halides is 3.